The van der Waals surface area contributed by atoms with E-state index >= 15 is 0 Å². The molecule has 0 saturated carbocycles. The average Bonchev–Trinajstić information content (AvgIpc) is 3.36. The molecule has 0 atom stereocenters. The van der Waals surface area contributed by atoms with Crippen LogP contribution in [0.5, 0.6) is 0 Å². The maximum Gasteiger partial charge on any atom is 0.249 e. The number of amides is 1. The number of para-hydroxylation sites is 1. The van der Waals surface area contributed by atoms with E-state index in [0.717, 1.165) is 16.8 Å². The molecule has 4 aromatic rings. The van der Waals surface area contributed by atoms with Crippen molar-refractivity contribution in [1.29, 1.82) is 0 Å². The van der Waals surface area contributed by atoms with Crippen molar-refractivity contribution in [3.8, 4) is 17.3 Å². The lowest BCUT2D eigenvalue weighted by Gasteiger charge is -2.12. The van der Waals surface area contributed by atoms with Gasteiger partial charge in [-0.15, -0.1) is 10.2 Å². The summed E-state index contributed by atoms with van der Waals surface area (Å²) in [5, 5.41) is 9.44. The Morgan fingerprint density at radius 2 is 1.86 bits per heavy atom. The number of hydrogen-bond acceptors (Lipinski definition) is 5. The first-order valence-electron chi connectivity index (χ1n) is 8.71. The summed E-state index contributed by atoms with van der Waals surface area (Å²) in [5.41, 5.74) is 8.94. The van der Waals surface area contributed by atoms with E-state index in [1.54, 1.807) is 18.4 Å². The highest BCUT2D eigenvalue weighted by atomic mass is 32.2. The summed E-state index contributed by atoms with van der Waals surface area (Å²) in [7, 11) is 0. The van der Waals surface area contributed by atoms with Gasteiger partial charge >= 0.3 is 0 Å². The Hall–Kier alpha value is -3.32. The van der Waals surface area contributed by atoms with E-state index in [1.165, 1.54) is 11.8 Å². The Bertz CT molecular complexity index is 1120. The van der Waals surface area contributed by atoms with Crippen molar-refractivity contribution in [3.63, 3.8) is 0 Å². The van der Waals surface area contributed by atoms with E-state index in [-0.39, 0.29) is 0 Å². The van der Waals surface area contributed by atoms with Crippen LogP contribution in [-0.4, -0.2) is 20.7 Å². The fourth-order valence-corrected chi connectivity index (χ4v) is 3.94. The van der Waals surface area contributed by atoms with Gasteiger partial charge in [0.05, 0.1) is 12.0 Å². The van der Waals surface area contributed by atoms with Crippen molar-refractivity contribution in [3.05, 3.63) is 83.6 Å². The zero-order valence-corrected chi connectivity index (χ0v) is 16.0. The Balaban J connectivity index is 1.74. The Morgan fingerprint density at radius 1 is 1.07 bits per heavy atom. The zero-order chi connectivity index (χ0) is 19.5. The molecule has 0 aliphatic carbocycles. The summed E-state index contributed by atoms with van der Waals surface area (Å²) in [4.78, 5) is 11.7. The molecule has 140 valence electrons. The van der Waals surface area contributed by atoms with Crippen molar-refractivity contribution < 1.29 is 9.21 Å². The van der Waals surface area contributed by atoms with Crippen molar-refractivity contribution in [2.24, 2.45) is 5.73 Å². The molecule has 1 amide bonds. The number of nitrogens with zero attached hydrogens (tertiary/aromatic N) is 3. The molecule has 7 heteroatoms. The van der Waals surface area contributed by atoms with Gasteiger partial charge in [0, 0.05) is 11.3 Å². The topological polar surface area (TPSA) is 86.9 Å². The number of carbonyl (C=O) groups is 1. The molecule has 0 saturated heterocycles. The number of thioether (sulfide) groups is 1. The number of nitrogens with two attached hydrogens (primary N) is 1. The van der Waals surface area contributed by atoms with Crippen LogP contribution in [0.1, 0.15) is 21.5 Å². The summed E-state index contributed by atoms with van der Waals surface area (Å²) in [5.74, 6) is 1.37. The fourth-order valence-electron chi connectivity index (χ4n) is 2.99. The second kappa shape index (κ2) is 7.74. The minimum absolute atomic E-state index is 0.437. The molecule has 0 fully saturated rings. The first kappa shape index (κ1) is 18.1. The number of aryl methyl sites for hydroxylation is 1. The molecule has 0 spiro atoms. The molecule has 0 bridgehead atoms. The summed E-state index contributed by atoms with van der Waals surface area (Å²) >= 11 is 1.49. The number of aromatic nitrogens is 3. The van der Waals surface area contributed by atoms with Crippen LogP contribution in [0.15, 0.2) is 76.5 Å². The van der Waals surface area contributed by atoms with Crippen LogP contribution in [0.4, 0.5) is 0 Å². The van der Waals surface area contributed by atoms with Gasteiger partial charge in [0.25, 0.3) is 0 Å². The molecule has 0 aliphatic heterocycles. The molecule has 6 nitrogen and oxygen atoms in total. The van der Waals surface area contributed by atoms with Gasteiger partial charge in [-0.25, -0.2) is 0 Å². The van der Waals surface area contributed by atoms with Crippen LogP contribution in [0.25, 0.3) is 17.3 Å². The minimum atomic E-state index is -0.437. The SMILES string of the molecule is Cc1ccccc1-n1c(SCc2ccccc2C(N)=O)nnc1-c1ccco1. The predicted molar refractivity (Wildman–Crippen MR) is 108 cm³/mol. The quantitative estimate of drug-likeness (QED) is 0.498. The van der Waals surface area contributed by atoms with E-state index < -0.39 is 5.91 Å². The third-order valence-electron chi connectivity index (χ3n) is 4.37. The van der Waals surface area contributed by atoms with Gasteiger partial charge < -0.3 is 10.2 Å². The van der Waals surface area contributed by atoms with E-state index in [4.69, 9.17) is 10.2 Å². The summed E-state index contributed by atoms with van der Waals surface area (Å²) in [6.45, 7) is 2.04. The molecule has 28 heavy (non-hydrogen) atoms. The summed E-state index contributed by atoms with van der Waals surface area (Å²) in [6, 6.07) is 19.0. The lowest BCUT2D eigenvalue weighted by Crippen LogP contribution is -2.13. The second-order valence-corrected chi connectivity index (χ2v) is 7.16. The first-order valence-corrected chi connectivity index (χ1v) is 9.69. The number of carbonyl (C=O) groups excluding carboxylic acids is 1. The fraction of sp³-hybridized carbons (Fsp3) is 0.0952. The van der Waals surface area contributed by atoms with Gasteiger partial charge in [-0.2, -0.15) is 0 Å². The zero-order valence-electron chi connectivity index (χ0n) is 15.2. The van der Waals surface area contributed by atoms with Crippen molar-refractivity contribution >= 4 is 17.7 Å². The number of primary amides is 1. The monoisotopic (exact) mass is 390 g/mol. The molecule has 0 aliphatic rings. The lowest BCUT2D eigenvalue weighted by molar-refractivity contribution is 0.0999. The highest BCUT2D eigenvalue weighted by Gasteiger charge is 2.19. The molecule has 4 rings (SSSR count). The van der Waals surface area contributed by atoms with Crippen LogP contribution < -0.4 is 5.73 Å². The van der Waals surface area contributed by atoms with E-state index in [0.29, 0.717) is 28.1 Å². The van der Waals surface area contributed by atoms with Gasteiger partial charge in [-0.3, -0.25) is 9.36 Å². The molecule has 2 aromatic heterocycles. The molecular weight excluding hydrogens is 372 g/mol. The molecule has 0 unspecified atom stereocenters. The van der Waals surface area contributed by atoms with Crippen LogP contribution in [0.3, 0.4) is 0 Å². The van der Waals surface area contributed by atoms with Crippen molar-refractivity contribution in [2.45, 2.75) is 17.8 Å². The maximum atomic E-state index is 11.7. The summed E-state index contributed by atoms with van der Waals surface area (Å²) < 4.78 is 7.53. The third-order valence-corrected chi connectivity index (χ3v) is 5.35. The van der Waals surface area contributed by atoms with Gasteiger partial charge in [0.2, 0.25) is 11.7 Å². The van der Waals surface area contributed by atoms with E-state index in [1.807, 2.05) is 60.0 Å². The van der Waals surface area contributed by atoms with Crippen LogP contribution in [0, 0.1) is 6.92 Å². The van der Waals surface area contributed by atoms with Gasteiger partial charge in [0.1, 0.15) is 0 Å². The first-order chi connectivity index (χ1) is 13.6. The van der Waals surface area contributed by atoms with Gasteiger partial charge in [-0.05, 0) is 42.3 Å². The highest BCUT2D eigenvalue weighted by Crippen LogP contribution is 2.31. The molecule has 0 radical (unpaired) electrons. The number of hydrogen-bond donors (Lipinski definition) is 1. The largest absolute Gasteiger partial charge is 0.461 e. The highest BCUT2D eigenvalue weighted by molar-refractivity contribution is 7.98. The maximum absolute atomic E-state index is 11.7. The minimum Gasteiger partial charge on any atom is -0.461 e. The Kier molecular flexibility index (Phi) is 4.99. The second-order valence-electron chi connectivity index (χ2n) is 6.22. The smallest absolute Gasteiger partial charge is 0.249 e. The van der Waals surface area contributed by atoms with Crippen LogP contribution in [0.2, 0.25) is 0 Å². The molecule has 2 heterocycles. The van der Waals surface area contributed by atoms with Crippen molar-refractivity contribution in [2.75, 3.05) is 0 Å². The number of furan rings is 1. The standard InChI is InChI=1S/C21H18N4O2S/c1-14-7-2-5-10-17(14)25-20(18-11-6-12-27-18)23-24-21(25)28-13-15-8-3-4-9-16(15)19(22)26/h2-12H,13H2,1H3,(H2,22,26). The Labute approximate surface area is 166 Å². The van der Waals surface area contributed by atoms with Crippen molar-refractivity contribution in [1.82, 2.24) is 14.8 Å². The van der Waals surface area contributed by atoms with Crippen LogP contribution >= 0.6 is 11.8 Å². The van der Waals surface area contributed by atoms with Gasteiger partial charge in [-0.1, -0.05) is 48.2 Å². The average molecular weight is 390 g/mol. The third kappa shape index (κ3) is 3.44. The molecule has 2 N–H and O–H groups in total. The number of benzene rings is 2. The number of rotatable bonds is 6. The molecule has 2 aromatic carbocycles. The molecular formula is C21H18N4O2S. The predicted octanol–water partition coefficient (Wildman–Crippen LogP) is 4.23. The van der Waals surface area contributed by atoms with Gasteiger partial charge in [0.15, 0.2) is 10.9 Å². The normalized spacial score (nSPS) is 10.9. The van der Waals surface area contributed by atoms with Crippen LogP contribution in [-0.2, 0) is 5.75 Å². The Morgan fingerprint density at radius 3 is 2.61 bits per heavy atom. The summed E-state index contributed by atoms with van der Waals surface area (Å²) in [6.07, 6.45) is 1.61. The lowest BCUT2D eigenvalue weighted by atomic mass is 10.1. The van der Waals surface area contributed by atoms with E-state index in [9.17, 15) is 4.79 Å². The van der Waals surface area contributed by atoms with E-state index in [2.05, 4.69) is 10.2 Å².